The number of ether oxygens (including phenoxy) is 2. The molecule has 2 aromatic heterocycles. The fourth-order valence-corrected chi connectivity index (χ4v) is 2.94. The summed E-state index contributed by atoms with van der Waals surface area (Å²) in [5.41, 5.74) is 10.4. The van der Waals surface area contributed by atoms with E-state index in [0.29, 0.717) is 5.82 Å². The lowest BCUT2D eigenvalue weighted by Crippen LogP contribution is -1.93. The third-order valence-electron chi connectivity index (χ3n) is 4.32. The Morgan fingerprint density at radius 3 is 2.00 bits per heavy atom. The first kappa shape index (κ1) is 16.0. The van der Waals surface area contributed by atoms with Crippen LogP contribution in [0.4, 0.5) is 5.82 Å². The molecule has 0 spiro atoms. The molecule has 130 valence electrons. The molecular formula is C20H18N4O2. The minimum absolute atomic E-state index is 0.430. The topological polar surface area (TPSA) is 86.0 Å². The molecule has 0 unspecified atom stereocenters. The van der Waals surface area contributed by atoms with E-state index >= 15 is 0 Å². The Balaban J connectivity index is 1.90. The monoisotopic (exact) mass is 346 g/mol. The van der Waals surface area contributed by atoms with Gasteiger partial charge in [0.1, 0.15) is 11.5 Å². The van der Waals surface area contributed by atoms with Crippen LogP contribution in [0.1, 0.15) is 0 Å². The summed E-state index contributed by atoms with van der Waals surface area (Å²) in [6, 6.07) is 17.5. The maximum Gasteiger partial charge on any atom is 0.155 e. The number of nitrogen functional groups attached to an aromatic ring is 1. The zero-order valence-corrected chi connectivity index (χ0v) is 14.5. The second-order valence-electron chi connectivity index (χ2n) is 5.84. The van der Waals surface area contributed by atoms with Crippen LogP contribution in [0.2, 0.25) is 0 Å². The summed E-state index contributed by atoms with van der Waals surface area (Å²) in [5, 5.41) is 7.95. The van der Waals surface area contributed by atoms with E-state index in [0.717, 1.165) is 44.9 Å². The summed E-state index contributed by atoms with van der Waals surface area (Å²) in [5.74, 6) is 2.02. The highest BCUT2D eigenvalue weighted by molar-refractivity contribution is 6.01. The predicted molar refractivity (Wildman–Crippen MR) is 102 cm³/mol. The van der Waals surface area contributed by atoms with Gasteiger partial charge in [0.15, 0.2) is 5.82 Å². The Bertz CT molecular complexity index is 1050. The van der Waals surface area contributed by atoms with E-state index in [1.54, 1.807) is 14.2 Å². The summed E-state index contributed by atoms with van der Waals surface area (Å²) in [4.78, 5) is 4.86. The molecule has 0 radical (unpaired) electrons. The number of benzene rings is 2. The smallest absolute Gasteiger partial charge is 0.155 e. The fraction of sp³-hybridized carbons (Fsp3) is 0.100. The molecule has 0 amide bonds. The highest BCUT2D eigenvalue weighted by atomic mass is 16.5. The van der Waals surface area contributed by atoms with E-state index < -0.39 is 0 Å². The number of hydrogen-bond acceptors (Lipinski definition) is 5. The SMILES string of the molecule is COc1ccc(-c2cc3[nH]nc(N)c3c(-c3ccc(OC)cc3)n2)cc1. The molecule has 2 aromatic carbocycles. The lowest BCUT2D eigenvalue weighted by molar-refractivity contribution is 0.415. The number of hydrogen-bond donors (Lipinski definition) is 2. The van der Waals surface area contributed by atoms with Crippen molar-refractivity contribution in [1.82, 2.24) is 15.2 Å². The molecule has 26 heavy (non-hydrogen) atoms. The molecule has 0 bridgehead atoms. The van der Waals surface area contributed by atoms with Crippen molar-refractivity contribution < 1.29 is 9.47 Å². The van der Waals surface area contributed by atoms with Gasteiger partial charge in [0.05, 0.1) is 36.5 Å². The Hall–Kier alpha value is -3.54. The van der Waals surface area contributed by atoms with Gasteiger partial charge in [-0.3, -0.25) is 5.10 Å². The normalized spacial score (nSPS) is 10.8. The molecule has 0 saturated heterocycles. The Labute approximate surface area is 150 Å². The van der Waals surface area contributed by atoms with Gasteiger partial charge in [0, 0.05) is 11.1 Å². The lowest BCUT2D eigenvalue weighted by Gasteiger charge is -2.09. The average Bonchev–Trinajstić information content (AvgIpc) is 3.08. The van der Waals surface area contributed by atoms with Gasteiger partial charge in [-0.05, 0) is 54.6 Å². The van der Waals surface area contributed by atoms with Gasteiger partial charge >= 0.3 is 0 Å². The van der Waals surface area contributed by atoms with Crippen LogP contribution in [0.15, 0.2) is 54.6 Å². The number of aromatic amines is 1. The summed E-state index contributed by atoms with van der Waals surface area (Å²) < 4.78 is 10.5. The number of anilines is 1. The maximum atomic E-state index is 6.07. The molecule has 4 rings (SSSR count). The molecule has 3 N–H and O–H groups in total. The quantitative estimate of drug-likeness (QED) is 0.585. The van der Waals surface area contributed by atoms with Crippen LogP contribution >= 0.6 is 0 Å². The number of nitrogens with two attached hydrogens (primary N) is 1. The van der Waals surface area contributed by atoms with Crippen molar-refractivity contribution in [3.8, 4) is 34.0 Å². The number of rotatable bonds is 4. The number of aromatic nitrogens is 3. The van der Waals surface area contributed by atoms with Crippen molar-refractivity contribution in [2.24, 2.45) is 0 Å². The maximum absolute atomic E-state index is 6.07. The van der Waals surface area contributed by atoms with E-state index in [1.165, 1.54) is 0 Å². The summed E-state index contributed by atoms with van der Waals surface area (Å²) in [6.45, 7) is 0. The zero-order valence-electron chi connectivity index (χ0n) is 14.5. The largest absolute Gasteiger partial charge is 0.497 e. The van der Waals surface area contributed by atoms with Crippen molar-refractivity contribution in [3.63, 3.8) is 0 Å². The third kappa shape index (κ3) is 2.71. The van der Waals surface area contributed by atoms with Crippen molar-refractivity contribution in [2.45, 2.75) is 0 Å². The van der Waals surface area contributed by atoms with Gasteiger partial charge in [0.25, 0.3) is 0 Å². The Kier molecular flexibility index (Phi) is 3.93. The molecule has 0 fully saturated rings. The number of nitrogens with zero attached hydrogens (tertiary/aromatic N) is 2. The Morgan fingerprint density at radius 1 is 0.846 bits per heavy atom. The molecular weight excluding hydrogens is 328 g/mol. The van der Waals surface area contributed by atoms with E-state index in [4.69, 9.17) is 20.2 Å². The molecule has 0 saturated carbocycles. The van der Waals surface area contributed by atoms with Crippen molar-refractivity contribution in [1.29, 1.82) is 0 Å². The molecule has 6 heteroatoms. The van der Waals surface area contributed by atoms with E-state index in [1.807, 2.05) is 54.6 Å². The second-order valence-corrected chi connectivity index (χ2v) is 5.84. The van der Waals surface area contributed by atoms with Crippen LogP contribution in [-0.2, 0) is 0 Å². The van der Waals surface area contributed by atoms with E-state index in [2.05, 4.69) is 10.2 Å². The van der Waals surface area contributed by atoms with Gasteiger partial charge in [-0.1, -0.05) is 0 Å². The highest BCUT2D eigenvalue weighted by Gasteiger charge is 2.15. The number of fused-ring (bicyclic) bond motifs is 1. The Morgan fingerprint density at radius 2 is 1.42 bits per heavy atom. The van der Waals surface area contributed by atoms with Crippen molar-refractivity contribution in [3.05, 3.63) is 54.6 Å². The standard InChI is InChI=1S/C20H18N4O2/c1-25-14-7-3-12(4-8-14)16-11-17-18(20(21)24-23-17)19(22-16)13-5-9-15(26-2)10-6-13/h3-11H,1-2H3,(H3,21,23,24). The summed E-state index contributed by atoms with van der Waals surface area (Å²) in [7, 11) is 3.29. The van der Waals surface area contributed by atoms with Gasteiger partial charge < -0.3 is 15.2 Å². The lowest BCUT2D eigenvalue weighted by atomic mass is 10.0. The molecule has 0 atom stereocenters. The van der Waals surface area contributed by atoms with Gasteiger partial charge in [0.2, 0.25) is 0 Å². The molecule has 0 aliphatic carbocycles. The van der Waals surface area contributed by atoms with Crippen LogP contribution in [0.3, 0.4) is 0 Å². The van der Waals surface area contributed by atoms with Gasteiger partial charge in [-0.2, -0.15) is 5.10 Å². The fourth-order valence-electron chi connectivity index (χ4n) is 2.94. The second kappa shape index (κ2) is 6.40. The molecule has 0 aliphatic heterocycles. The summed E-state index contributed by atoms with van der Waals surface area (Å²) in [6.07, 6.45) is 0. The van der Waals surface area contributed by atoms with Crippen molar-refractivity contribution >= 4 is 16.7 Å². The first-order chi connectivity index (χ1) is 12.7. The minimum atomic E-state index is 0.430. The van der Waals surface area contributed by atoms with E-state index in [-0.39, 0.29) is 0 Å². The van der Waals surface area contributed by atoms with Crippen LogP contribution in [0, 0.1) is 0 Å². The number of methoxy groups -OCH3 is 2. The van der Waals surface area contributed by atoms with Crippen LogP contribution < -0.4 is 15.2 Å². The molecule has 6 nitrogen and oxygen atoms in total. The zero-order chi connectivity index (χ0) is 18.1. The van der Waals surface area contributed by atoms with Crippen LogP contribution in [0.5, 0.6) is 11.5 Å². The number of nitrogens with one attached hydrogen (secondary N) is 1. The first-order valence-electron chi connectivity index (χ1n) is 8.13. The third-order valence-corrected chi connectivity index (χ3v) is 4.32. The predicted octanol–water partition coefficient (Wildman–Crippen LogP) is 3.89. The number of H-pyrrole nitrogens is 1. The van der Waals surface area contributed by atoms with Crippen LogP contribution in [-0.4, -0.2) is 29.4 Å². The average molecular weight is 346 g/mol. The summed E-state index contributed by atoms with van der Waals surface area (Å²) >= 11 is 0. The number of pyridine rings is 1. The van der Waals surface area contributed by atoms with Crippen molar-refractivity contribution in [2.75, 3.05) is 20.0 Å². The van der Waals surface area contributed by atoms with Gasteiger partial charge in [-0.25, -0.2) is 4.98 Å². The van der Waals surface area contributed by atoms with E-state index in [9.17, 15) is 0 Å². The molecule has 4 aromatic rings. The minimum Gasteiger partial charge on any atom is -0.497 e. The highest BCUT2D eigenvalue weighted by Crippen LogP contribution is 2.34. The van der Waals surface area contributed by atoms with Gasteiger partial charge in [-0.15, -0.1) is 0 Å². The molecule has 0 aliphatic rings. The first-order valence-corrected chi connectivity index (χ1v) is 8.13. The van der Waals surface area contributed by atoms with Crippen LogP contribution in [0.25, 0.3) is 33.4 Å². The molecule has 2 heterocycles.